The summed E-state index contributed by atoms with van der Waals surface area (Å²) in [5.41, 5.74) is 0.272. The van der Waals surface area contributed by atoms with E-state index in [1.165, 1.54) is 0 Å². The van der Waals surface area contributed by atoms with Crippen LogP contribution in [0.4, 0.5) is 0 Å². The second-order valence-corrected chi connectivity index (χ2v) is 4.21. The van der Waals surface area contributed by atoms with Gasteiger partial charge in [-0.25, -0.2) is 0 Å². The summed E-state index contributed by atoms with van der Waals surface area (Å²) < 4.78 is 0. The zero-order valence-corrected chi connectivity index (χ0v) is 7.65. The summed E-state index contributed by atoms with van der Waals surface area (Å²) in [7, 11) is 0. The molecule has 10 heavy (non-hydrogen) atoms. The van der Waals surface area contributed by atoms with Gasteiger partial charge in [-0.15, -0.1) is 0 Å². The molecular formula is C9H20O. The SMILES string of the molecule is CCCC(O)CC(C)(C)C. The zero-order chi connectivity index (χ0) is 8.20. The van der Waals surface area contributed by atoms with Crippen molar-refractivity contribution in [3.05, 3.63) is 0 Å². The Morgan fingerprint density at radius 2 is 1.80 bits per heavy atom. The summed E-state index contributed by atoms with van der Waals surface area (Å²) >= 11 is 0. The lowest BCUT2D eigenvalue weighted by atomic mass is 9.88. The average Bonchev–Trinajstić information content (AvgIpc) is 1.59. The molecule has 0 saturated heterocycles. The van der Waals surface area contributed by atoms with Crippen molar-refractivity contribution >= 4 is 0 Å². The van der Waals surface area contributed by atoms with Crippen molar-refractivity contribution < 1.29 is 5.11 Å². The van der Waals surface area contributed by atoms with Gasteiger partial charge in [-0.1, -0.05) is 34.1 Å². The summed E-state index contributed by atoms with van der Waals surface area (Å²) in [6.45, 7) is 8.58. The molecule has 0 heterocycles. The average molecular weight is 144 g/mol. The van der Waals surface area contributed by atoms with Crippen molar-refractivity contribution in [1.82, 2.24) is 0 Å². The van der Waals surface area contributed by atoms with Gasteiger partial charge in [0.25, 0.3) is 0 Å². The van der Waals surface area contributed by atoms with E-state index in [4.69, 9.17) is 0 Å². The Balaban J connectivity index is 3.47. The van der Waals surface area contributed by atoms with Crippen LogP contribution in [0, 0.1) is 5.41 Å². The van der Waals surface area contributed by atoms with Crippen LogP contribution in [-0.2, 0) is 0 Å². The van der Waals surface area contributed by atoms with Crippen molar-refractivity contribution in [3.8, 4) is 0 Å². The monoisotopic (exact) mass is 144 g/mol. The van der Waals surface area contributed by atoms with E-state index in [0.29, 0.717) is 0 Å². The van der Waals surface area contributed by atoms with Gasteiger partial charge in [-0.05, 0) is 18.3 Å². The molecule has 1 heteroatoms. The Hall–Kier alpha value is -0.0400. The molecule has 0 bridgehead atoms. The molecule has 1 N–H and O–H groups in total. The van der Waals surface area contributed by atoms with E-state index < -0.39 is 0 Å². The number of rotatable bonds is 3. The lowest BCUT2D eigenvalue weighted by molar-refractivity contribution is 0.112. The highest BCUT2D eigenvalue weighted by atomic mass is 16.3. The first-order valence-corrected chi connectivity index (χ1v) is 4.14. The molecule has 0 aliphatic rings. The predicted molar refractivity (Wildman–Crippen MR) is 45.0 cm³/mol. The van der Waals surface area contributed by atoms with E-state index in [1.807, 2.05) is 0 Å². The van der Waals surface area contributed by atoms with Crippen LogP contribution in [-0.4, -0.2) is 11.2 Å². The van der Waals surface area contributed by atoms with E-state index in [-0.39, 0.29) is 11.5 Å². The second-order valence-electron chi connectivity index (χ2n) is 4.21. The third-order valence-corrected chi connectivity index (χ3v) is 1.47. The van der Waals surface area contributed by atoms with E-state index in [0.717, 1.165) is 19.3 Å². The first-order valence-electron chi connectivity index (χ1n) is 4.14. The molecule has 1 unspecified atom stereocenters. The molecule has 0 fully saturated rings. The Morgan fingerprint density at radius 1 is 1.30 bits per heavy atom. The van der Waals surface area contributed by atoms with Crippen LogP contribution < -0.4 is 0 Å². The Kier molecular flexibility index (Phi) is 3.95. The minimum atomic E-state index is -0.0926. The maximum atomic E-state index is 9.38. The highest BCUT2D eigenvalue weighted by Crippen LogP contribution is 2.22. The second kappa shape index (κ2) is 3.97. The fraction of sp³-hybridized carbons (Fsp3) is 1.00. The minimum Gasteiger partial charge on any atom is -0.393 e. The van der Waals surface area contributed by atoms with E-state index in [2.05, 4.69) is 27.7 Å². The topological polar surface area (TPSA) is 20.2 Å². The van der Waals surface area contributed by atoms with E-state index in [1.54, 1.807) is 0 Å². The van der Waals surface area contributed by atoms with Gasteiger partial charge >= 0.3 is 0 Å². The Labute approximate surface area is 64.5 Å². The molecule has 62 valence electrons. The molecule has 0 aliphatic carbocycles. The van der Waals surface area contributed by atoms with Crippen LogP contribution >= 0.6 is 0 Å². The number of aliphatic hydroxyl groups excluding tert-OH is 1. The number of aliphatic hydroxyl groups is 1. The smallest absolute Gasteiger partial charge is 0.0545 e. The first-order chi connectivity index (χ1) is 4.45. The largest absolute Gasteiger partial charge is 0.393 e. The van der Waals surface area contributed by atoms with Gasteiger partial charge in [-0.2, -0.15) is 0 Å². The molecule has 0 aromatic rings. The van der Waals surface area contributed by atoms with Gasteiger partial charge in [0.2, 0.25) is 0 Å². The highest BCUT2D eigenvalue weighted by molar-refractivity contribution is 4.67. The molecule has 0 aromatic carbocycles. The Bertz CT molecular complexity index is 81.2. The van der Waals surface area contributed by atoms with Gasteiger partial charge < -0.3 is 5.11 Å². The van der Waals surface area contributed by atoms with Crippen molar-refractivity contribution in [2.45, 2.75) is 53.1 Å². The molecule has 0 aromatic heterocycles. The van der Waals surface area contributed by atoms with Crippen LogP contribution in [0.25, 0.3) is 0 Å². The van der Waals surface area contributed by atoms with Crippen molar-refractivity contribution in [3.63, 3.8) is 0 Å². The summed E-state index contributed by atoms with van der Waals surface area (Å²) in [5.74, 6) is 0. The molecule has 0 radical (unpaired) electrons. The third-order valence-electron chi connectivity index (χ3n) is 1.47. The van der Waals surface area contributed by atoms with Gasteiger partial charge in [0, 0.05) is 0 Å². The van der Waals surface area contributed by atoms with E-state index >= 15 is 0 Å². The molecule has 0 amide bonds. The number of hydrogen-bond acceptors (Lipinski definition) is 1. The molecule has 0 aliphatic heterocycles. The van der Waals surface area contributed by atoms with Gasteiger partial charge in [0.1, 0.15) is 0 Å². The van der Waals surface area contributed by atoms with Gasteiger partial charge in [0.15, 0.2) is 0 Å². The molecule has 1 atom stereocenters. The van der Waals surface area contributed by atoms with Crippen molar-refractivity contribution in [1.29, 1.82) is 0 Å². The van der Waals surface area contributed by atoms with E-state index in [9.17, 15) is 5.11 Å². The maximum Gasteiger partial charge on any atom is 0.0545 e. The van der Waals surface area contributed by atoms with Crippen molar-refractivity contribution in [2.75, 3.05) is 0 Å². The third kappa shape index (κ3) is 6.09. The molecule has 0 spiro atoms. The minimum absolute atomic E-state index is 0.0926. The summed E-state index contributed by atoms with van der Waals surface area (Å²) in [6.07, 6.45) is 2.85. The predicted octanol–water partition coefficient (Wildman–Crippen LogP) is 2.58. The highest BCUT2D eigenvalue weighted by Gasteiger charge is 2.15. The quantitative estimate of drug-likeness (QED) is 0.645. The normalized spacial score (nSPS) is 15.3. The summed E-state index contributed by atoms with van der Waals surface area (Å²) in [4.78, 5) is 0. The molecular weight excluding hydrogens is 124 g/mol. The molecule has 0 saturated carbocycles. The van der Waals surface area contributed by atoms with Crippen LogP contribution in [0.3, 0.4) is 0 Å². The lowest BCUT2D eigenvalue weighted by Crippen LogP contribution is -2.16. The Morgan fingerprint density at radius 3 is 2.10 bits per heavy atom. The van der Waals surface area contributed by atoms with Crippen molar-refractivity contribution in [2.24, 2.45) is 5.41 Å². The van der Waals surface area contributed by atoms with Crippen LogP contribution in [0.5, 0.6) is 0 Å². The standard InChI is InChI=1S/C9H20O/c1-5-6-8(10)7-9(2,3)4/h8,10H,5-7H2,1-4H3. The summed E-state index contributed by atoms with van der Waals surface area (Å²) in [5, 5.41) is 9.38. The fourth-order valence-corrected chi connectivity index (χ4v) is 1.14. The van der Waals surface area contributed by atoms with Gasteiger partial charge in [-0.3, -0.25) is 0 Å². The van der Waals surface area contributed by atoms with Crippen LogP contribution in [0.15, 0.2) is 0 Å². The van der Waals surface area contributed by atoms with Crippen LogP contribution in [0.1, 0.15) is 47.0 Å². The van der Waals surface area contributed by atoms with Gasteiger partial charge in [0.05, 0.1) is 6.10 Å². The first kappa shape index (κ1) is 9.96. The molecule has 0 rings (SSSR count). The number of hydrogen-bond donors (Lipinski definition) is 1. The lowest BCUT2D eigenvalue weighted by Gasteiger charge is -2.21. The molecule has 1 nitrogen and oxygen atoms in total. The summed E-state index contributed by atoms with van der Waals surface area (Å²) in [6, 6.07) is 0. The zero-order valence-electron chi connectivity index (χ0n) is 7.65. The fourth-order valence-electron chi connectivity index (χ4n) is 1.14. The maximum absolute atomic E-state index is 9.38. The van der Waals surface area contributed by atoms with Crippen LogP contribution in [0.2, 0.25) is 0 Å².